The molecule has 0 saturated heterocycles. The highest BCUT2D eigenvalue weighted by Crippen LogP contribution is 2.24. The monoisotopic (exact) mass is 360 g/mol. The van der Waals surface area contributed by atoms with E-state index in [1.807, 2.05) is 32.0 Å². The van der Waals surface area contributed by atoms with Gasteiger partial charge >= 0.3 is 5.97 Å². The van der Waals surface area contributed by atoms with Gasteiger partial charge in [0.2, 0.25) is 5.91 Å². The quantitative estimate of drug-likeness (QED) is 0.758. The Balaban J connectivity index is 1.94. The molecule has 2 aromatic rings. The molecule has 2 aromatic carbocycles. The molecule has 0 spiro atoms. The van der Waals surface area contributed by atoms with Crippen LogP contribution in [0.5, 0.6) is 0 Å². The number of carbonyl (C=O) groups is 2. The average molecular weight is 361 g/mol. The van der Waals surface area contributed by atoms with Crippen LogP contribution in [0.2, 0.25) is 5.02 Å². The first-order chi connectivity index (χ1) is 11.9. The number of anilines is 2. The van der Waals surface area contributed by atoms with Crippen molar-refractivity contribution in [2.45, 2.75) is 20.3 Å². The van der Waals surface area contributed by atoms with Crippen molar-refractivity contribution in [3.8, 4) is 0 Å². The molecule has 1 amide bonds. The van der Waals surface area contributed by atoms with E-state index in [4.69, 9.17) is 11.6 Å². The summed E-state index contributed by atoms with van der Waals surface area (Å²) in [4.78, 5) is 23.7. The molecular weight excluding hydrogens is 340 g/mol. The third-order valence-electron chi connectivity index (χ3n) is 3.93. The topological polar surface area (TPSA) is 67.4 Å². The van der Waals surface area contributed by atoms with Crippen LogP contribution in [0, 0.1) is 13.8 Å². The average Bonchev–Trinajstić information content (AvgIpc) is 2.60. The molecular formula is C19H21ClN2O3. The second kappa shape index (κ2) is 8.53. The zero-order valence-electron chi connectivity index (χ0n) is 14.5. The molecule has 132 valence electrons. The molecule has 0 aliphatic carbocycles. The minimum Gasteiger partial charge on any atom is -0.465 e. The van der Waals surface area contributed by atoms with Crippen LogP contribution in [0.4, 0.5) is 11.4 Å². The number of ether oxygens (including phenoxy) is 1. The lowest BCUT2D eigenvalue weighted by Gasteiger charge is -2.12. The Morgan fingerprint density at radius 2 is 1.88 bits per heavy atom. The molecule has 6 heteroatoms. The van der Waals surface area contributed by atoms with Gasteiger partial charge in [-0.2, -0.15) is 0 Å². The second-order valence-electron chi connectivity index (χ2n) is 5.66. The van der Waals surface area contributed by atoms with Crippen molar-refractivity contribution < 1.29 is 14.3 Å². The van der Waals surface area contributed by atoms with Crippen molar-refractivity contribution in [3.63, 3.8) is 0 Å². The molecule has 0 aromatic heterocycles. The van der Waals surface area contributed by atoms with Gasteiger partial charge in [0.05, 0.1) is 23.4 Å². The van der Waals surface area contributed by atoms with Gasteiger partial charge in [-0.15, -0.1) is 0 Å². The fourth-order valence-corrected chi connectivity index (χ4v) is 2.50. The van der Waals surface area contributed by atoms with Crippen molar-refractivity contribution >= 4 is 34.9 Å². The number of benzene rings is 2. The lowest BCUT2D eigenvalue weighted by atomic mass is 10.1. The highest BCUT2D eigenvalue weighted by molar-refractivity contribution is 6.33. The summed E-state index contributed by atoms with van der Waals surface area (Å²) in [6, 6.07) is 10.6. The third kappa shape index (κ3) is 4.97. The van der Waals surface area contributed by atoms with E-state index in [-0.39, 0.29) is 12.3 Å². The van der Waals surface area contributed by atoms with Crippen molar-refractivity contribution in [2.75, 3.05) is 24.3 Å². The number of carbonyl (C=O) groups excluding carboxylic acids is 2. The van der Waals surface area contributed by atoms with Gasteiger partial charge in [0, 0.05) is 18.7 Å². The van der Waals surface area contributed by atoms with Gasteiger partial charge in [-0.1, -0.05) is 23.7 Å². The van der Waals surface area contributed by atoms with Crippen LogP contribution < -0.4 is 10.6 Å². The Labute approximate surface area is 152 Å². The van der Waals surface area contributed by atoms with Crippen LogP contribution in [0.1, 0.15) is 27.9 Å². The largest absolute Gasteiger partial charge is 0.465 e. The molecule has 0 bridgehead atoms. The smallest absolute Gasteiger partial charge is 0.337 e. The number of amides is 1. The van der Waals surface area contributed by atoms with Crippen LogP contribution in [-0.4, -0.2) is 25.5 Å². The molecule has 0 unspecified atom stereocenters. The SMILES string of the molecule is COC(=O)c1ccc(Cl)c(NC(=O)CCNc2cccc(C)c2C)c1. The summed E-state index contributed by atoms with van der Waals surface area (Å²) in [6.45, 7) is 4.57. The maximum absolute atomic E-state index is 12.1. The van der Waals surface area contributed by atoms with Crippen molar-refractivity contribution in [1.82, 2.24) is 0 Å². The number of halogens is 1. The lowest BCUT2D eigenvalue weighted by molar-refractivity contribution is -0.115. The minimum atomic E-state index is -0.483. The zero-order valence-corrected chi connectivity index (χ0v) is 15.2. The van der Waals surface area contributed by atoms with Gasteiger partial charge in [0.1, 0.15) is 0 Å². The maximum atomic E-state index is 12.1. The maximum Gasteiger partial charge on any atom is 0.337 e. The molecule has 0 heterocycles. The summed E-state index contributed by atoms with van der Waals surface area (Å²) in [7, 11) is 1.30. The van der Waals surface area contributed by atoms with E-state index in [2.05, 4.69) is 15.4 Å². The molecule has 0 saturated carbocycles. The van der Waals surface area contributed by atoms with E-state index in [9.17, 15) is 9.59 Å². The molecule has 0 aliphatic heterocycles. The summed E-state index contributed by atoms with van der Waals surface area (Å²) >= 11 is 6.07. The standard InChI is InChI=1S/C19H21ClN2O3/c1-12-5-4-6-16(13(12)2)21-10-9-18(23)22-17-11-14(19(24)25-3)7-8-15(17)20/h4-8,11,21H,9-10H2,1-3H3,(H,22,23). The number of methoxy groups -OCH3 is 1. The van der Waals surface area contributed by atoms with E-state index in [0.717, 1.165) is 11.3 Å². The van der Waals surface area contributed by atoms with Gasteiger partial charge in [-0.3, -0.25) is 4.79 Å². The van der Waals surface area contributed by atoms with Gasteiger partial charge in [0.25, 0.3) is 0 Å². The Kier molecular flexibility index (Phi) is 6.42. The fourth-order valence-electron chi connectivity index (χ4n) is 2.33. The summed E-state index contributed by atoms with van der Waals surface area (Å²) in [6.07, 6.45) is 0.270. The van der Waals surface area contributed by atoms with Gasteiger partial charge in [0.15, 0.2) is 0 Å². The molecule has 25 heavy (non-hydrogen) atoms. The molecule has 5 nitrogen and oxygen atoms in total. The first-order valence-corrected chi connectivity index (χ1v) is 8.28. The van der Waals surface area contributed by atoms with Gasteiger partial charge < -0.3 is 15.4 Å². The van der Waals surface area contributed by atoms with E-state index in [0.29, 0.717) is 22.8 Å². The third-order valence-corrected chi connectivity index (χ3v) is 4.26. The number of hydrogen-bond donors (Lipinski definition) is 2. The van der Waals surface area contributed by atoms with Gasteiger partial charge in [-0.25, -0.2) is 4.79 Å². The van der Waals surface area contributed by atoms with Crippen molar-refractivity contribution in [2.24, 2.45) is 0 Å². The van der Waals surface area contributed by atoms with Crippen LogP contribution >= 0.6 is 11.6 Å². The van der Waals surface area contributed by atoms with E-state index < -0.39 is 5.97 Å². The Morgan fingerprint density at radius 1 is 1.12 bits per heavy atom. The summed E-state index contributed by atoms with van der Waals surface area (Å²) in [5.41, 5.74) is 4.09. The first-order valence-electron chi connectivity index (χ1n) is 7.90. The lowest BCUT2D eigenvalue weighted by Crippen LogP contribution is -2.17. The second-order valence-corrected chi connectivity index (χ2v) is 6.07. The van der Waals surface area contributed by atoms with Gasteiger partial charge in [-0.05, 0) is 49.2 Å². The first kappa shape index (κ1) is 18.8. The molecule has 0 atom stereocenters. The molecule has 0 radical (unpaired) electrons. The van der Waals surface area contributed by atoms with Crippen LogP contribution in [0.15, 0.2) is 36.4 Å². The number of aryl methyl sites for hydroxylation is 1. The van der Waals surface area contributed by atoms with Crippen molar-refractivity contribution in [3.05, 3.63) is 58.1 Å². The number of rotatable bonds is 6. The normalized spacial score (nSPS) is 10.2. The number of esters is 1. The summed E-state index contributed by atoms with van der Waals surface area (Å²) in [5.74, 6) is -0.675. The Hall–Kier alpha value is -2.53. The molecule has 2 rings (SSSR count). The van der Waals surface area contributed by atoms with E-state index in [1.165, 1.54) is 18.7 Å². The molecule has 2 N–H and O–H groups in total. The van der Waals surface area contributed by atoms with E-state index >= 15 is 0 Å². The molecule has 0 fully saturated rings. The minimum absolute atomic E-state index is 0.193. The highest BCUT2D eigenvalue weighted by Gasteiger charge is 2.11. The predicted octanol–water partition coefficient (Wildman–Crippen LogP) is 4.18. The summed E-state index contributed by atoms with van der Waals surface area (Å²) < 4.78 is 4.67. The highest BCUT2D eigenvalue weighted by atomic mass is 35.5. The van der Waals surface area contributed by atoms with Crippen LogP contribution in [0.25, 0.3) is 0 Å². The van der Waals surface area contributed by atoms with Crippen LogP contribution in [-0.2, 0) is 9.53 Å². The fraction of sp³-hybridized carbons (Fsp3) is 0.263. The summed E-state index contributed by atoms with van der Waals surface area (Å²) in [5, 5.41) is 6.34. The Bertz CT molecular complexity index is 790. The zero-order chi connectivity index (χ0) is 18.4. The Morgan fingerprint density at radius 3 is 2.60 bits per heavy atom. The predicted molar refractivity (Wildman–Crippen MR) is 100 cm³/mol. The van der Waals surface area contributed by atoms with Crippen molar-refractivity contribution in [1.29, 1.82) is 0 Å². The van der Waals surface area contributed by atoms with E-state index in [1.54, 1.807) is 12.1 Å². The van der Waals surface area contributed by atoms with Crippen LogP contribution in [0.3, 0.4) is 0 Å². The molecule has 0 aliphatic rings. The number of nitrogens with one attached hydrogen (secondary N) is 2. The number of hydrogen-bond acceptors (Lipinski definition) is 4.